The van der Waals surface area contributed by atoms with Gasteiger partial charge in [0.2, 0.25) is 0 Å². The maximum absolute atomic E-state index is 12.8. The Morgan fingerprint density at radius 3 is 2.54 bits per heavy atom. The van der Waals surface area contributed by atoms with Crippen molar-refractivity contribution < 1.29 is 9.72 Å². The first kappa shape index (κ1) is 20.2. The smallest absolute Gasteiger partial charge is 0.293 e. The van der Waals surface area contributed by atoms with E-state index in [1.54, 1.807) is 43.3 Å². The largest absolute Gasteiger partial charge is 0.372 e. The number of hydrogen-bond donors (Lipinski definition) is 1. The van der Waals surface area contributed by atoms with E-state index >= 15 is 0 Å². The van der Waals surface area contributed by atoms with E-state index in [9.17, 15) is 14.9 Å². The van der Waals surface area contributed by atoms with Crippen LogP contribution in [0, 0.1) is 15.5 Å². The van der Waals surface area contributed by atoms with Crippen molar-refractivity contribution in [1.29, 1.82) is 5.41 Å². The van der Waals surface area contributed by atoms with E-state index in [0.717, 1.165) is 11.8 Å². The van der Waals surface area contributed by atoms with E-state index in [-0.39, 0.29) is 20.8 Å². The number of rotatable bonds is 4. The number of nitrogens with zero attached hydrogens (tertiary/aromatic N) is 3. The summed E-state index contributed by atoms with van der Waals surface area (Å²) in [5.74, 6) is -0.432. The van der Waals surface area contributed by atoms with Crippen molar-refractivity contribution in [2.45, 2.75) is 0 Å². The number of hydrogen-bond acceptors (Lipinski definition) is 6. The van der Waals surface area contributed by atoms with Crippen LogP contribution in [0.2, 0.25) is 10.0 Å². The van der Waals surface area contributed by atoms with Gasteiger partial charge < -0.3 is 4.90 Å². The van der Waals surface area contributed by atoms with E-state index in [1.165, 1.54) is 23.1 Å². The number of amidine groups is 1. The average molecular weight is 437 g/mol. The molecule has 1 N–H and O–H groups in total. The molecule has 0 bridgehead atoms. The molecule has 0 aliphatic carbocycles. The fourth-order valence-corrected chi connectivity index (χ4v) is 4.02. The predicted molar refractivity (Wildman–Crippen MR) is 115 cm³/mol. The molecule has 0 spiro atoms. The van der Waals surface area contributed by atoms with Crippen molar-refractivity contribution in [3.05, 3.63) is 67.0 Å². The first-order chi connectivity index (χ1) is 13.2. The second-order valence-electron chi connectivity index (χ2n) is 6.05. The average Bonchev–Trinajstić information content (AvgIpc) is 2.88. The molecular formula is C18H14Cl2N4O3S. The van der Waals surface area contributed by atoms with Crippen molar-refractivity contribution in [1.82, 2.24) is 0 Å². The van der Waals surface area contributed by atoms with Crippen molar-refractivity contribution in [2.75, 3.05) is 23.9 Å². The summed E-state index contributed by atoms with van der Waals surface area (Å²) in [4.78, 5) is 26.8. The molecule has 1 heterocycles. The van der Waals surface area contributed by atoms with Crippen molar-refractivity contribution in [3.8, 4) is 0 Å². The van der Waals surface area contributed by atoms with Crippen LogP contribution in [0.3, 0.4) is 0 Å². The number of benzene rings is 2. The molecule has 2 aromatic carbocycles. The van der Waals surface area contributed by atoms with Crippen LogP contribution in [-0.4, -0.2) is 30.1 Å². The van der Waals surface area contributed by atoms with E-state index in [1.807, 2.05) is 0 Å². The summed E-state index contributed by atoms with van der Waals surface area (Å²) < 4.78 is 0. The molecule has 0 unspecified atom stereocenters. The van der Waals surface area contributed by atoms with E-state index in [4.69, 9.17) is 28.6 Å². The summed E-state index contributed by atoms with van der Waals surface area (Å²) in [6.45, 7) is 0. The first-order valence-corrected chi connectivity index (χ1v) is 9.49. The molecule has 0 saturated carbocycles. The minimum absolute atomic E-state index is 0.0140. The maximum Gasteiger partial charge on any atom is 0.293 e. The third-order valence-corrected chi connectivity index (χ3v) is 5.38. The molecule has 1 amide bonds. The lowest BCUT2D eigenvalue weighted by atomic mass is 10.1. The predicted octanol–water partition coefficient (Wildman–Crippen LogP) is 5.02. The molecule has 7 nitrogen and oxygen atoms in total. The number of anilines is 2. The van der Waals surface area contributed by atoms with Gasteiger partial charge in [0.25, 0.3) is 11.6 Å². The second kappa shape index (κ2) is 7.83. The minimum atomic E-state index is -0.469. The Kier molecular flexibility index (Phi) is 5.64. The van der Waals surface area contributed by atoms with Crippen LogP contribution < -0.4 is 9.80 Å². The summed E-state index contributed by atoms with van der Waals surface area (Å²) in [7, 11) is 3.43. The minimum Gasteiger partial charge on any atom is -0.372 e. The second-order valence-corrected chi connectivity index (χ2v) is 7.93. The van der Waals surface area contributed by atoms with Gasteiger partial charge in [-0.3, -0.25) is 25.2 Å². The normalized spacial score (nSPS) is 15.4. The molecule has 1 fully saturated rings. The van der Waals surface area contributed by atoms with Gasteiger partial charge >= 0.3 is 0 Å². The number of nitro groups is 1. The van der Waals surface area contributed by atoms with Crippen molar-refractivity contribution in [3.63, 3.8) is 0 Å². The monoisotopic (exact) mass is 436 g/mol. The summed E-state index contributed by atoms with van der Waals surface area (Å²) in [6.07, 6.45) is 1.53. The van der Waals surface area contributed by atoms with Gasteiger partial charge in [0, 0.05) is 25.2 Å². The number of carbonyl (C=O) groups is 1. The van der Waals surface area contributed by atoms with E-state index in [0.29, 0.717) is 22.0 Å². The third kappa shape index (κ3) is 3.84. The molecule has 28 heavy (non-hydrogen) atoms. The van der Waals surface area contributed by atoms with Gasteiger partial charge in [-0.05, 0) is 47.7 Å². The van der Waals surface area contributed by atoms with Gasteiger partial charge in [0.05, 0.1) is 20.5 Å². The van der Waals surface area contributed by atoms with Gasteiger partial charge in [-0.2, -0.15) is 0 Å². The molecule has 0 aromatic heterocycles. The number of carbonyl (C=O) groups excluding carboxylic acids is 1. The van der Waals surface area contributed by atoms with Crippen LogP contribution in [0.1, 0.15) is 5.56 Å². The fourth-order valence-electron chi connectivity index (χ4n) is 2.67. The highest BCUT2D eigenvalue weighted by Gasteiger charge is 2.34. The Labute approximate surface area is 175 Å². The van der Waals surface area contributed by atoms with E-state index in [2.05, 4.69) is 0 Å². The summed E-state index contributed by atoms with van der Waals surface area (Å²) in [5.41, 5.74) is 1.23. The SMILES string of the molecule is CN(C)c1ccc(C=C2SC(=N)N(c3ccc(Cl)cc3Cl)C2=O)cc1[N+](=O)[O-]. The lowest BCUT2D eigenvalue weighted by Crippen LogP contribution is -2.28. The number of amides is 1. The summed E-state index contributed by atoms with van der Waals surface area (Å²) >= 11 is 13.0. The van der Waals surface area contributed by atoms with Crippen LogP contribution in [0.4, 0.5) is 17.1 Å². The lowest BCUT2D eigenvalue weighted by Gasteiger charge is -2.16. The van der Waals surface area contributed by atoms with Gasteiger partial charge in [0.15, 0.2) is 5.17 Å². The Morgan fingerprint density at radius 1 is 1.21 bits per heavy atom. The highest BCUT2D eigenvalue weighted by Crippen LogP contribution is 2.39. The number of halogens is 2. The Hall–Kier alpha value is -2.55. The quantitative estimate of drug-likeness (QED) is 0.412. The molecule has 10 heteroatoms. The Bertz CT molecular complexity index is 1040. The number of thioether (sulfide) groups is 1. The van der Waals surface area contributed by atoms with Gasteiger partial charge in [-0.25, -0.2) is 0 Å². The summed E-state index contributed by atoms with van der Waals surface area (Å²) in [5, 5.41) is 20.1. The van der Waals surface area contributed by atoms with Crippen LogP contribution in [0.5, 0.6) is 0 Å². The topological polar surface area (TPSA) is 90.5 Å². The molecule has 0 atom stereocenters. The maximum atomic E-state index is 12.8. The third-order valence-electron chi connectivity index (χ3n) is 3.95. The van der Waals surface area contributed by atoms with Gasteiger partial charge in [0.1, 0.15) is 5.69 Å². The first-order valence-electron chi connectivity index (χ1n) is 7.92. The van der Waals surface area contributed by atoms with Crippen LogP contribution in [0.15, 0.2) is 41.3 Å². The number of nitro benzene ring substituents is 1. The number of nitrogens with one attached hydrogen (secondary N) is 1. The molecule has 1 aliphatic rings. The zero-order valence-corrected chi connectivity index (χ0v) is 17.1. The standard InChI is InChI=1S/C18H14Cl2N4O3S/c1-22(2)14-5-3-10(7-15(14)24(26)27)8-16-17(25)23(18(21)28-16)13-6-4-11(19)9-12(13)20/h3-9,21H,1-2H3. The zero-order chi connectivity index (χ0) is 20.6. The fraction of sp³-hybridized carbons (Fsp3) is 0.111. The zero-order valence-electron chi connectivity index (χ0n) is 14.8. The van der Waals surface area contributed by atoms with Crippen molar-refractivity contribution >= 4 is 69.2 Å². The molecule has 1 aliphatic heterocycles. The molecule has 1 saturated heterocycles. The summed E-state index contributed by atoms with van der Waals surface area (Å²) in [6, 6.07) is 9.35. The van der Waals surface area contributed by atoms with Crippen LogP contribution in [0.25, 0.3) is 6.08 Å². The Balaban J connectivity index is 1.98. The Morgan fingerprint density at radius 2 is 1.93 bits per heavy atom. The molecular weight excluding hydrogens is 423 g/mol. The molecule has 2 aromatic rings. The molecule has 144 valence electrons. The van der Waals surface area contributed by atoms with Crippen LogP contribution >= 0.6 is 35.0 Å². The molecule has 0 radical (unpaired) electrons. The van der Waals surface area contributed by atoms with Crippen molar-refractivity contribution in [2.24, 2.45) is 0 Å². The lowest BCUT2D eigenvalue weighted by molar-refractivity contribution is -0.384. The van der Waals surface area contributed by atoms with Gasteiger partial charge in [-0.1, -0.05) is 29.3 Å². The van der Waals surface area contributed by atoms with E-state index < -0.39 is 10.8 Å². The highest BCUT2D eigenvalue weighted by atomic mass is 35.5. The van der Waals surface area contributed by atoms with Gasteiger partial charge in [-0.15, -0.1) is 0 Å². The van der Waals surface area contributed by atoms with Crippen LogP contribution in [-0.2, 0) is 4.79 Å². The highest BCUT2D eigenvalue weighted by molar-refractivity contribution is 8.19. The molecule has 3 rings (SSSR count).